The van der Waals surface area contributed by atoms with Crippen LogP contribution in [0.5, 0.6) is 0 Å². The second-order valence-corrected chi connectivity index (χ2v) is 17.8. The van der Waals surface area contributed by atoms with E-state index in [0.717, 1.165) is 108 Å². The third-order valence-electron chi connectivity index (χ3n) is 12.4. The summed E-state index contributed by atoms with van der Waals surface area (Å²) in [4.78, 5) is 19.8. The summed E-state index contributed by atoms with van der Waals surface area (Å²) in [5.74, 6) is 0. The summed E-state index contributed by atoms with van der Waals surface area (Å²) >= 11 is 10.1. The van der Waals surface area contributed by atoms with E-state index in [2.05, 4.69) is 134 Å². The van der Waals surface area contributed by atoms with Crippen LogP contribution < -0.4 is 0 Å². The molecule has 0 aromatic carbocycles. The number of methoxy groups -OCH3 is 3. The van der Waals surface area contributed by atoms with Crippen LogP contribution in [0.4, 0.5) is 0 Å². The number of piperidine rings is 3. The third-order valence-corrected chi connectivity index (χ3v) is 13.8. The van der Waals surface area contributed by atoms with E-state index >= 15 is 0 Å². The van der Waals surface area contributed by atoms with Gasteiger partial charge < -0.3 is 29.5 Å². The van der Waals surface area contributed by atoms with Crippen molar-refractivity contribution in [3.05, 3.63) is 85.5 Å². The Balaban J connectivity index is 0.000000301. The van der Waals surface area contributed by atoms with Crippen molar-refractivity contribution in [1.29, 1.82) is 0 Å². The molecule has 0 bridgehead atoms. The average Bonchev–Trinajstić information content (AvgIpc) is 3.30. The van der Waals surface area contributed by atoms with Gasteiger partial charge in [-0.2, -0.15) is 9.90 Å². The van der Waals surface area contributed by atoms with Crippen molar-refractivity contribution in [1.82, 2.24) is 29.7 Å². The molecular formula is C42H70Br3N6O6P3. The lowest BCUT2D eigenvalue weighted by Gasteiger charge is -2.42. The van der Waals surface area contributed by atoms with E-state index in [9.17, 15) is 15.3 Å². The van der Waals surface area contributed by atoms with E-state index in [4.69, 9.17) is 14.2 Å². The van der Waals surface area contributed by atoms with Crippen LogP contribution in [0.15, 0.2) is 68.8 Å². The maximum Gasteiger partial charge on any atom is 0.106 e. The van der Waals surface area contributed by atoms with E-state index in [-0.39, 0.29) is 64.6 Å². The van der Waals surface area contributed by atoms with Crippen LogP contribution in [0.25, 0.3) is 0 Å². The van der Waals surface area contributed by atoms with Crippen molar-refractivity contribution in [2.75, 3.05) is 80.4 Å². The van der Waals surface area contributed by atoms with Crippen molar-refractivity contribution in [3.8, 4) is 0 Å². The molecule has 3 aromatic rings. The number of nitrogens with zero attached hydrogens (tertiary/aromatic N) is 6. The van der Waals surface area contributed by atoms with E-state index in [1.54, 1.807) is 21.3 Å². The first-order chi connectivity index (χ1) is 28.3. The van der Waals surface area contributed by atoms with Crippen LogP contribution >= 0.6 is 75.5 Å². The van der Waals surface area contributed by atoms with Gasteiger partial charge in [0.1, 0.15) is 13.8 Å². The van der Waals surface area contributed by atoms with Gasteiger partial charge in [-0.05, 0) is 125 Å². The Morgan fingerprint density at radius 2 is 0.733 bits per heavy atom. The molecular weight excluding hydrogens is 1020 g/mol. The minimum atomic E-state index is -0.237. The highest BCUT2D eigenvalue weighted by Crippen LogP contribution is 2.39. The van der Waals surface area contributed by atoms with Crippen molar-refractivity contribution in [2.45, 2.75) is 94.2 Å². The zero-order valence-electron chi connectivity index (χ0n) is 36.3. The average molecular weight is 1090 g/mol. The number of rotatable bonds is 12. The largest absolute Gasteiger partial charge is 0.395 e. The summed E-state index contributed by atoms with van der Waals surface area (Å²) in [5, 5.41) is 27.7. The molecule has 0 aliphatic carbocycles. The second-order valence-electron chi connectivity index (χ2n) is 15.4. The Bertz CT molecular complexity index is 1410. The molecule has 0 amide bonds. The van der Waals surface area contributed by atoms with Gasteiger partial charge in [-0.15, -0.1) is 17.9 Å². The molecule has 340 valence electrons. The van der Waals surface area contributed by atoms with Crippen LogP contribution in [0.1, 0.15) is 76.0 Å². The fourth-order valence-corrected chi connectivity index (χ4v) is 8.80. The van der Waals surface area contributed by atoms with Crippen LogP contribution in [-0.4, -0.2) is 144 Å². The molecule has 3 aliphatic heterocycles. The van der Waals surface area contributed by atoms with Crippen LogP contribution in [0.3, 0.4) is 0 Å². The summed E-state index contributed by atoms with van der Waals surface area (Å²) in [7, 11) is 9.98. The van der Waals surface area contributed by atoms with Crippen molar-refractivity contribution in [3.63, 3.8) is 0 Å². The minimum absolute atomic E-state index is 0. The molecule has 3 N–H and O–H groups in total. The molecule has 3 fully saturated rings. The standard InChI is InChI=1S/3C14H21BrN2O2.H4P2.H3P/c3*1-11(10-18)17-7-5-14(19-2,6-8-17)12-3-4-13(15)16-9-12;1-2;/h3*3-4,9,11,18H,5-8,10H2,1-2H3;1-2H2;1H3/t2*11-;;;/m10.../s1. The molecule has 12 nitrogen and oxygen atoms in total. The minimum Gasteiger partial charge on any atom is -0.395 e. The number of hydrogen-bond donors (Lipinski definition) is 3. The molecule has 18 heteroatoms. The summed E-state index contributed by atoms with van der Waals surface area (Å²) < 4.78 is 20.0. The topological polar surface area (TPSA) is 137 Å². The lowest BCUT2D eigenvalue weighted by atomic mass is 9.84. The zero-order valence-corrected chi connectivity index (χ0v) is 44.8. The summed E-state index contributed by atoms with van der Waals surface area (Å²) in [6.07, 6.45) is 11.2. The first kappa shape index (κ1) is 56.0. The van der Waals surface area contributed by atoms with Crippen LogP contribution in [0.2, 0.25) is 0 Å². The van der Waals surface area contributed by atoms with E-state index in [1.807, 2.05) is 36.8 Å². The van der Waals surface area contributed by atoms with Crippen molar-refractivity contribution < 1.29 is 29.5 Å². The molecule has 3 saturated heterocycles. The van der Waals surface area contributed by atoms with E-state index in [1.165, 1.54) is 0 Å². The number of aromatic nitrogens is 3. The van der Waals surface area contributed by atoms with Gasteiger partial charge in [-0.3, -0.25) is 14.7 Å². The number of aliphatic hydroxyl groups is 3. The third kappa shape index (κ3) is 15.2. The molecule has 60 heavy (non-hydrogen) atoms. The van der Waals surface area contributed by atoms with Crippen LogP contribution in [0, 0.1) is 0 Å². The highest BCUT2D eigenvalue weighted by atomic mass is 79.9. The molecule has 6 heterocycles. The fourth-order valence-electron chi connectivity index (χ4n) is 8.09. The molecule has 0 radical (unpaired) electrons. The van der Waals surface area contributed by atoms with Gasteiger partial charge in [-0.25, -0.2) is 15.0 Å². The Morgan fingerprint density at radius 3 is 0.883 bits per heavy atom. The molecule has 6 rings (SSSR count). The fraction of sp³-hybridized carbons (Fsp3) is 0.643. The number of pyridine rings is 3. The molecule has 6 atom stereocenters. The number of ether oxygens (including phenoxy) is 3. The maximum atomic E-state index is 9.23. The summed E-state index contributed by atoms with van der Waals surface area (Å²) in [5.41, 5.74) is 2.69. The Kier molecular flexibility index (Phi) is 26.1. The van der Waals surface area contributed by atoms with Gasteiger partial charge in [-0.1, -0.05) is 18.2 Å². The number of likely N-dealkylation sites (tertiary alicyclic amines) is 3. The summed E-state index contributed by atoms with van der Waals surface area (Å²) in [6.45, 7) is 12.4. The molecule has 0 saturated carbocycles. The van der Waals surface area contributed by atoms with E-state index in [0.29, 0.717) is 0 Å². The number of hydrogen-bond acceptors (Lipinski definition) is 12. The SMILES string of the molecule is COC1(c2ccc(Br)nc2)CCN(C(C)CO)CC1.COC1(c2ccc(Br)nc2)CCN([C@@H](C)CO)CC1.COC1(c2ccc(Br)nc2)CCN([C@H](C)CO)CC1.P.PP. The van der Waals surface area contributed by atoms with Crippen LogP contribution in [-0.2, 0) is 31.0 Å². The molecule has 0 spiro atoms. The highest BCUT2D eigenvalue weighted by molar-refractivity contribution is 9.11. The lowest BCUT2D eigenvalue weighted by molar-refractivity contribution is -0.0713. The lowest BCUT2D eigenvalue weighted by Crippen LogP contribution is -2.48. The normalized spacial score (nSPS) is 20.3. The van der Waals surface area contributed by atoms with Gasteiger partial charge in [0.25, 0.3) is 0 Å². The monoisotopic (exact) mass is 1080 g/mol. The van der Waals surface area contributed by atoms with E-state index < -0.39 is 0 Å². The Hall–Kier alpha value is -0.180. The molecule has 3 aromatic heterocycles. The predicted octanol–water partition coefficient (Wildman–Crippen LogP) is 7.20. The molecule has 4 unspecified atom stereocenters. The first-order valence-electron chi connectivity index (χ1n) is 20.2. The van der Waals surface area contributed by atoms with Gasteiger partial charge in [0, 0.05) is 114 Å². The van der Waals surface area contributed by atoms with Gasteiger partial charge in [0.05, 0.1) is 36.6 Å². The van der Waals surface area contributed by atoms with Crippen molar-refractivity contribution >= 4 is 75.5 Å². The second kappa shape index (κ2) is 28.0. The highest BCUT2D eigenvalue weighted by Gasteiger charge is 2.40. The summed E-state index contributed by atoms with van der Waals surface area (Å²) in [6, 6.07) is 12.8. The van der Waals surface area contributed by atoms with Crippen molar-refractivity contribution in [2.24, 2.45) is 0 Å². The molecule has 3 aliphatic rings. The van der Waals surface area contributed by atoms with Gasteiger partial charge in [0.2, 0.25) is 0 Å². The number of halogens is 3. The Morgan fingerprint density at radius 1 is 0.517 bits per heavy atom. The van der Waals surface area contributed by atoms with Gasteiger partial charge in [0.15, 0.2) is 0 Å². The van der Waals surface area contributed by atoms with Gasteiger partial charge >= 0.3 is 0 Å². The number of aliphatic hydroxyl groups excluding tert-OH is 3. The zero-order chi connectivity index (χ0) is 43.6. The predicted molar refractivity (Wildman–Crippen MR) is 264 cm³/mol. The maximum absolute atomic E-state index is 9.23. The Labute approximate surface area is 392 Å². The quantitative estimate of drug-likeness (QED) is 0.125. The smallest absolute Gasteiger partial charge is 0.106 e. The first-order valence-corrected chi connectivity index (χ1v) is 25.3.